The second-order valence-corrected chi connectivity index (χ2v) is 3.66. The fourth-order valence-corrected chi connectivity index (χ4v) is 1.46. The summed E-state index contributed by atoms with van der Waals surface area (Å²) in [5.41, 5.74) is 0.827. The van der Waals surface area contributed by atoms with Crippen LogP contribution in [0.1, 0.15) is 17.9 Å². The first kappa shape index (κ1) is 7.29. The van der Waals surface area contributed by atoms with Crippen molar-refractivity contribution < 1.29 is 4.39 Å². The van der Waals surface area contributed by atoms with E-state index in [4.69, 9.17) is 0 Å². The minimum absolute atomic E-state index is 0.0990. The zero-order valence-electron chi connectivity index (χ0n) is 5.85. The summed E-state index contributed by atoms with van der Waals surface area (Å²) >= 11 is 3.22. The van der Waals surface area contributed by atoms with E-state index in [1.54, 1.807) is 0 Å². The van der Waals surface area contributed by atoms with E-state index >= 15 is 0 Å². The predicted octanol–water partition coefficient (Wildman–Crippen LogP) is 3.28. The van der Waals surface area contributed by atoms with Crippen LogP contribution in [0.15, 0.2) is 22.7 Å². The maximum Gasteiger partial charge on any atom is 0.127 e. The summed E-state index contributed by atoms with van der Waals surface area (Å²) in [6.45, 7) is 0. The predicted molar refractivity (Wildman–Crippen MR) is 45.8 cm³/mol. The second kappa shape index (κ2) is 2.59. The van der Waals surface area contributed by atoms with Gasteiger partial charge in [0.1, 0.15) is 5.82 Å². The van der Waals surface area contributed by atoms with Crippen LogP contribution >= 0.6 is 15.9 Å². The molecule has 2 rings (SSSR count). The van der Waals surface area contributed by atoms with Crippen molar-refractivity contribution in [1.82, 2.24) is 0 Å². The SMILES string of the molecule is Fc1cc(Br)ccc1C1[CH]C1. The van der Waals surface area contributed by atoms with Crippen LogP contribution in [-0.2, 0) is 0 Å². The average molecular weight is 214 g/mol. The van der Waals surface area contributed by atoms with Gasteiger partial charge in [0, 0.05) is 4.47 Å². The zero-order valence-corrected chi connectivity index (χ0v) is 7.44. The van der Waals surface area contributed by atoms with Gasteiger partial charge in [-0.25, -0.2) is 4.39 Å². The molecule has 11 heavy (non-hydrogen) atoms. The van der Waals surface area contributed by atoms with E-state index in [1.165, 1.54) is 6.07 Å². The van der Waals surface area contributed by atoms with Crippen LogP contribution in [0.4, 0.5) is 4.39 Å². The van der Waals surface area contributed by atoms with E-state index in [9.17, 15) is 4.39 Å². The minimum Gasteiger partial charge on any atom is -0.207 e. The molecule has 1 saturated carbocycles. The third kappa shape index (κ3) is 1.45. The Morgan fingerprint density at radius 3 is 2.73 bits per heavy atom. The highest BCUT2D eigenvalue weighted by Crippen LogP contribution is 2.40. The molecule has 1 aromatic rings. The van der Waals surface area contributed by atoms with Crippen molar-refractivity contribution >= 4 is 15.9 Å². The molecule has 1 atom stereocenters. The molecule has 0 spiro atoms. The first-order valence-electron chi connectivity index (χ1n) is 3.55. The highest BCUT2D eigenvalue weighted by Gasteiger charge is 2.26. The molecule has 0 bridgehead atoms. The monoisotopic (exact) mass is 213 g/mol. The average Bonchev–Trinajstić information content (AvgIpc) is 2.70. The van der Waals surface area contributed by atoms with Gasteiger partial charge in [0.2, 0.25) is 0 Å². The molecule has 1 aromatic carbocycles. The molecule has 1 aliphatic carbocycles. The highest BCUT2D eigenvalue weighted by molar-refractivity contribution is 9.10. The molecule has 1 aliphatic rings. The maximum absolute atomic E-state index is 13.1. The van der Waals surface area contributed by atoms with Gasteiger partial charge in [-0.05, 0) is 36.5 Å². The molecule has 1 fully saturated rings. The molecule has 0 amide bonds. The third-order valence-corrected chi connectivity index (χ3v) is 2.33. The summed E-state index contributed by atoms with van der Waals surface area (Å²) in [5, 5.41) is 0. The quantitative estimate of drug-likeness (QED) is 0.672. The second-order valence-electron chi connectivity index (χ2n) is 2.74. The first-order chi connectivity index (χ1) is 5.27. The van der Waals surface area contributed by atoms with E-state index in [-0.39, 0.29) is 5.82 Å². The minimum atomic E-state index is -0.0990. The topological polar surface area (TPSA) is 0 Å². The van der Waals surface area contributed by atoms with Crippen LogP contribution in [0.3, 0.4) is 0 Å². The lowest BCUT2D eigenvalue weighted by molar-refractivity contribution is 0.611. The lowest BCUT2D eigenvalue weighted by atomic mass is 10.1. The summed E-state index contributed by atoms with van der Waals surface area (Å²) in [4.78, 5) is 0. The number of hydrogen-bond donors (Lipinski definition) is 0. The smallest absolute Gasteiger partial charge is 0.127 e. The van der Waals surface area contributed by atoms with Gasteiger partial charge >= 0.3 is 0 Å². The van der Waals surface area contributed by atoms with E-state index in [0.717, 1.165) is 16.5 Å². The van der Waals surface area contributed by atoms with Gasteiger partial charge in [-0.2, -0.15) is 0 Å². The van der Waals surface area contributed by atoms with Gasteiger partial charge < -0.3 is 0 Å². The van der Waals surface area contributed by atoms with Gasteiger partial charge in [0.05, 0.1) is 0 Å². The van der Waals surface area contributed by atoms with Crippen molar-refractivity contribution in [2.75, 3.05) is 0 Å². The van der Waals surface area contributed by atoms with E-state index in [1.807, 2.05) is 12.1 Å². The summed E-state index contributed by atoms with van der Waals surface area (Å²) in [6, 6.07) is 5.24. The van der Waals surface area contributed by atoms with Crippen LogP contribution in [-0.4, -0.2) is 0 Å². The van der Waals surface area contributed by atoms with Gasteiger partial charge in [-0.3, -0.25) is 0 Å². The van der Waals surface area contributed by atoms with Crippen molar-refractivity contribution in [2.24, 2.45) is 0 Å². The Balaban J connectivity index is 2.39. The molecule has 0 saturated heterocycles. The van der Waals surface area contributed by atoms with E-state index < -0.39 is 0 Å². The summed E-state index contributed by atoms with van der Waals surface area (Å²) in [7, 11) is 0. The molecule has 1 radical (unpaired) electrons. The Morgan fingerprint density at radius 2 is 2.18 bits per heavy atom. The summed E-state index contributed by atoms with van der Waals surface area (Å²) in [6.07, 6.45) is 3.13. The molecule has 57 valence electrons. The van der Waals surface area contributed by atoms with Crippen LogP contribution in [0.5, 0.6) is 0 Å². The van der Waals surface area contributed by atoms with Crippen LogP contribution in [0, 0.1) is 12.2 Å². The molecule has 0 aliphatic heterocycles. The fraction of sp³-hybridized carbons (Fsp3) is 0.222. The Kier molecular flexibility index (Phi) is 1.72. The van der Waals surface area contributed by atoms with Crippen molar-refractivity contribution in [3.05, 3.63) is 40.5 Å². The standard InChI is InChI=1S/C9H7BrF/c10-7-3-4-8(6-1-2-6)9(11)5-7/h1,3-6H,2H2. The lowest BCUT2D eigenvalue weighted by Crippen LogP contribution is -1.85. The van der Waals surface area contributed by atoms with Crippen LogP contribution < -0.4 is 0 Å². The molecular weight excluding hydrogens is 207 g/mol. The van der Waals surface area contributed by atoms with Gasteiger partial charge in [-0.15, -0.1) is 0 Å². The van der Waals surface area contributed by atoms with Crippen molar-refractivity contribution in [2.45, 2.75) is 12.3 Å². The highest BCUT2D eigenvalue weighted by atomic mass is 79.9. The van der Waals surface area contributed by atoms with Gasteiger partial charge in [-0.1, -0.05) is 22.0 Å². The Labute approximate surface area is 73.6 Å². The summed E-state index contributed by atoms with van der Waals surface area (Å²) < 4.78 is 13.9. The van der Waals surface area contributed by atoms with Gasteiger partial charge in [0.15, 0.2) is 0 Å². The van der Waals surface area contributed by atoms with Crippen molar-refractivity contribution in [3.63, 3.8) is 0 Å². The maximum atomic E-state index is 13.1. The zero-order chi connectivity index (χ0) is 7.84. The summed E-state index contributed by atoms with van der Waals surface area (Å²) in [5.74, 6) is 0.279. The van der Waals surface area contributed by atoms with Crippen molar-refractivity contribution in [3.8, 4) is 0 Å². The van der Waals surface area contributed by atoms with Gasteiger partial charge in [0.25, 0.3) is 0 Å². The molecule has 0 heterocycles. The molecule has 0 nitrogen and oxygen atoms in total. The number of hydrogen-bond acceptors (Lipinski definition) is 0. The van der Waals surface area contributed by atoms with Crippen molar-refractivity contribution in [1.29, 1.82) is 0 Å². The van der Waals surface area contributed by atoms with E-state index in [2.05, 4.69) is 22.4 Å². The Hall–Kier alpha value is -0.370. The molecule has 0 aromatic heterocycles. The largest absolute Gasteiger partial charge is 0.207 e. The van der Waals surface area contributed by atoms with E-state index in [0.29, 0.717) is 5.92 Å². The molecule has 1 unspecified atom stereocenters. The first-order valence-corrected chi connectivity index (χ1v) is 4.35. The molecular formula is C9H7BrF. The Bertz CT molecular complexity index is 279. The number of benzene rings is 1. The molecule has 0 N–H and O–H groups in total. The lowest BCUT2D eigenvalue weighted by Gasteiger charge is -1.99. The normalized spacial score (nSPS) is 16.9. The number of halogens is 2. The fourth-order valence-electron chi connectivity index (χ4n) is 1.12. The van der Waals surface area contributed by atoms with Crippen LogP contribution in [0.2, 0.25) is 0 Å². The Morgan fingerprint density at radius 1 is 1.45 bits per heavy atom. The van der Waals surface area contributed by atoms with Crippen LogP contribution in [0.25, 0.3) is 0 Å². The third-order valence-electron chi connectivity index (χ3n) is 1.83. The number of rotatable bonds is 1. The molecule has 2 heteroatoms.